The fourth-order valence-electron chi connectivity index (χ4n) is 5.91. The number of esters is 1. The van der Waals surface area contributed by atoms with Crippen molar-refractivity contribution < 1.29 is 33.6 Å². The van der Waals surface area contributed by atoms with Gasteiger partial charge in [0.25, 0.3) is 0 Å². The molecule has 0 saturated carbocycles. The minimum Gasteiger partial charge on any atom is -0.504 e. The summed E-state index contributed by atoms with van der Waals surface area (Å²) in [5.41, 5.74) is 1.93. The van der Waals surface area contributed by atoms with Crippen LogP contribution in [0.2, 0.25) is 0 Å². The van der Waals surface area contributed by atoms with Crippen LogP contribution in [0, 0.1) is 0 Å². The Morgan fingerprint density at radius 3 is 1.95 bits per heavy atom. The topological polar surface area (TPSA) is 112 Å². The van der Waals surface area contributed by atoms with Crippen LogP contribution in [0.3, 0.4) is 0 Å². The number of nitrogens with zero attached hydrogens (tertiary/aromatic N) is 1. The Labute approximate surface area is 244 Å². The minimum atomic E-state index is -0.957. The maximum atomic E-state index is 12.3. The molecule has 9 heteroatoms. The third-order valence-corrected chi connectivity index (χ3v) is 7.67. The van der Waals surface area contributed by atoms with Gasteiger partial charge in [-0.1, -0.05) is 91.0 Å². The maximum Gasteiger partial charge on any atom is 0.360 e. The number of rotatable bonds is 9. The molecule has 1 aromatic heterocycles. The van der Waals surface area contributed by atoms with Crippen LogP contribution >= 0.6 is 0 Å². The predicted octanol–water partition coefficient (Wildman–Crippen LogP) is 5.26. The van der Waals surface area contributed by atoms with Gasteiger partial charge in [-0.05, 0) is 37.5 Å². The number of fused-ring (bicyclic) bond motifs is 1. The van der Waals surface area contributed by atoms with Gasteiger partial charge in [-0.25, -0.2) is 4.79 Å². The van der Waals surface area contributed by atoms with Gasteiger partial charge in [0.1, 0.15) is 35.7 Å². The largest absolute Gasteiger partial charge is 0.504 e. The zero-order chi connectivity index (χ0) is 29.3. The van der Waals surface area contributed by atoms with Gasteiger partial charge in [0, 0.05) is 0 Å². The second kappa shape index (κ2) is 11.3. The molecule has 4 atom stereocenters. The molecule has 3 aromatic carbocycles. The van der Waals surface area contributed by atoms with Crippen molar-refractivity contribution >= 4 is 5.97 Å². The third kappa shape index (κ3) is 4.98. The smallest absolute Gasteiger partial charge is 0.360 e. The molecule has 0 aliphatic carbocycles. The molecule has 0 spiro atoms. The molecule has 3 heterocycles. The van der Waals surface area contributed by atoms with Crippen molar-refractivity contribution in [3.05, 3.63) is 119 Å². The summed E-state index contributed by atoms with van der Waals surface area (Å²) >= 11 is 0. The van der Waals surface area contributed by atoms with E-state index in [0.717, 1.165) is 16.7 Å². The van der Waals surface area contributed by atoms with Crippen molar-refractivity contribution in [1.29, 1.82) is 0 Å². The first-order valence-corrected chi connectivity index (χ1v) is 14.1. The van der Waals surface area contributed by atoms with E-state index in [1.165, 1.54) is 0 Å². The summed E-state index contributed by atoms with van der Waals surface area (Å²) in [6, 6.07) is 30.2. The number of nitrogens with one attached hydrogen (secondary N) is 1. The van der Waals surface area contributed by atoms with Crippen LogP contribution in [0.1, 0.15) is 59.7 Å². The number of ether oxygens (including phenoxy) is 5. The van der Waals surface area contributed by atoms with Gasteiger partial charge in [0.05, 0.1) is 13.2 Å². The highest BCUT2D eigenvalue weighted by Crippen LogP contribution is 2.48. The number of benzene rings is 3. The van der Waals surface area contributed by atoms with Crippen molar-refractivity contribution in [1.82, 2.24) is 10.2 Å². The lowest BCUT2D eigenvalue weighted by atomic mass is 9.80. The number of carbonyl (C=O) groups is 1. The Hall–Kier alpha value is -4.02. The summed E-state index contributed by atoms with van der Waals surface area (Å²) in [6.45, 7) is 5.64. The Morgan fingerprint density at radius 1 is 0.905 bits per heavy atom. The van der Waals surface area contributed by atoms with Crippen LogP contribution in [0.15, 0.2) is 91.0 Å². The maximum absolute atomic E-state index is 12.3. The number of aromatic hydroxyl groups is 1. The molecule has 0 unspecified atom stereocenters. The quantitative estimate of drug-likeness (QED) is 0.207. The van der Waals surface area contributed by atoms with E-state index >= 15 is 0 Å². The van der Waals surface area contributed by atoms with E-state index in [0.29, 0.717) is 0 Å². The highest BCUT2D eigenvalue weighted by molar-refractivity contribution is 5.90. The summed E-state index contributed by atoms with van der Waals surface area (Å²) in [7, 11) is 0. The van der Waals surface area contributed by atoms with E-state index in [9.17, 15) is 9.90 Å². The average molecular weight is 571 g/mol. The zero-order valence-corrected chi connectivity index (χ0v) is 23.7. The first kappa shape index (κ1) is 28.1. The van der Waals surface area contributed by atoms with Crippen LogP contribution in [-0.2, 0) is 29.3 Å². The predicted molar refractivity (Wildman–Crippen MR) is 153 cm³/mol. The average Bonchev–Trinajstić information content (AvgIpc) is 3.65. The molecule has 42 heavy (non-hydrogen) atoms. The summed E-state index contributed by atoms with van der Waals surface area (Å²) in [5.74, 6) is -1.94. The molecule has 2 aliphatic heterocycles. The molecule has 6 rings (SSSR count). The highest BCUT2D eigenvalue weighted by Gasteiger charge is 2.57. The summed E-state index contributed by atoms with van der Waals surface area (Å²) in [5, 5.41) is 17.7. The number of carbonyl (C=O) groups excluding carboxylic acids is 1. The molecule has 0 amide bonds. The SMILES string of the molecule is CCOC(=O)c1[nH]nc([C@H]2O[C@H](COC(c3ccccc3)(c3ccccc3)c3ccccc3)[C@H]3OC(C)(C)O[C@H]32)c1O. The second-order valence-corrected chi connectivity index (χ2v) is 10.8. The molecule has 2 aliphatic rings. The van der Waals surface area contributed by atoms with Gasteiger partial charge in [-0.2, -0.15) is 5.10 Å². The van der Waals surface area contributed by atoms with Gasteiger partial charge >= 0.3 is 5.97 Å². The lowest BCUT2D eigenvalue weighted by Crippen LogP contribution is -2.39. The van der Waals surface area contributed by atoms with E-state index in [-0.39, 0.29) is 30.4 Å². The molecule has 2 fully saturated rings. The standard InChI is InChI=1S/C33H34N2O7/c1-4-38-31(37)26-27(36)25(34-35-26)29-30-28(41-32(2,3)42-30)24(40-29)20-39-33(21-14-8-5-9-15-21,22-16-10-6-11-17-22)23-18-12-7-13-19-23/h5-19,24,28-30,36H,4,20H2,1-3H3,(H,34,35)/t24-,28-,29-,30-/m1/s1. The van der Waals surface area contributed by atoms with Crippen molar-refractivity contribution in [3.8, 4) is 5.75 Å². The molecule has 2 saturated heterocycles. The van der Waals surface area contributed by atoms with Crippen LogP contribution < -0.4 is 0 Å². The number of hydrogen-bond donors (Lipinski definition) is 2. The van der Waals surface area contributed by atoms with Crippen LogP contribution in [0.25, 0.3) is 0 Å². The van der Waals surface area contributed by atoms with Crippen LogP contribution in [-0.4, -0.2) is 58.6 Å². The fraction of sp³-hybridized carbons (Fsp3) is 0.333. The molecule has 2 N–H and O–H groups in total. The van der Waals surface area contributed by atoms with Gasteiger partial charge in [-0.15, -0.1) is 0 Å². The monoisotopic (exact) mass is 570 g/mol. The molecular formula is C33H34N2O7. The van der Waals surface area contributed by atoms with E-state index in [1.807, 2.05) is 68.4 Å². The Kier molecular flexibility index (Phi) is 7.59. The normalized spacial score (nSPS) is 23.0. The Morgan fingerprint density at radius 2 is 1.43 bits per heavy atom. The zero-order valence-electron chi connectivity index (χ0n) is 23.7. The van der Waals surface area contributed by atoms with Gasteiger partial charge in [0.2, 0.25) is 0 Å². The van der Waals surface area contributed by atoms with Crippen molar-refractivity contribution in [2.75, 3.05) is 13.2 Å². The fourth-order valence-corrected chi connectivity index (χ4v) is 5.91. The number of aromatic nitrogens is 2. The number of hydrogen-bond acceptors (Lipinski definition) is 8. The number of aromatic amines is 1. The summed E-state index contributed by atoms with van der Waals surface area (Å²) in [4.78, 5) is 12.3. The summed E-state index contributed by atoms with van der Waals surface area (Å²) in [6.07, 6.45) is -2.52. The Balaban J connectivity index is 1.37. The molecule has 4 aromatic rings. The molecule has 9 nitrogen and oxygen atoms in total. The van der Waals surface area contributed by atoms with E-state index in [1.54, 1.807) is 6.92 Å². The first-order valence-electron chi connectivity index (χ1n) is 14.1. The van der Waals surface area contributed by atoms with E-state index in [4.69, 9.17) is 23.7 Å². The van der Waals surface area contributed by atoms with Gasteiger partial charge in [-0.3, -0.25) is 5.10 Å². The minimum absolute atomic E-state index is 0.131. The number of H-pyrrole nitrogens is 1. The first-order chi connectivity index (χ1) is 20.3. The molecular weight excluding hydrogens is 536 g/mol. The van der Waals surface area contributed by atoms with Crippen molar-refractivity contribution in [2.45, 2.75) is 56.6 Å². The molecule has 218 valence electrons. The van der Waals surface area contributed by atoms with Crippen molar-refractivity contribution in [3.63, 3.8) is 0 Å². The van der Waals surface area contributed by atoms with Crippen LogP contribution in [0.4, 0.5) is 0 Å². The second-order valence-electron chi connectivity index (χ2n) is 10.8. The lowest BCUT2D eigenvalue weighted by Gasteiger charge is -2.37. The highest BCUT2D eigenvalue weighted by atomic mass is 16.8. The van der Waals surface area contributed by atoms with E-state index < -0.39 is 41.8 Å². The van der Waals surface area contributed by atoms with E-state index in [2.05, 4.69) is 46.6 Å². The third-order valence-electron chi connectivity index (χ3n) is 7.67. The lowest BCUT2D eigenvalue weighted by molar-refractivity contribution is -0.196. The molecule has 0 bridgehead atoms. The van der Waals surface area contributed by atoms with Crippen molar-refractivity contribution in [2.24, 2.45) is 0 Å². The van der Waals surface area contributed by atoms with Gasteiger partial charge in [0.15, 0.2) is 17.2 Å². The Bertz CT molecular complexity index is 1410. The van der Waals surface area contributed by atoms with Crippen LogP contribution in [0.5, 0.6) is 5.75 Å². The van der Waals surface area contributed by atoms with Gasteiger partial charge < -0.3 is 28.8 Å². The summed E-state index contributed by atoms with van der Waals surface area (Å²) < 4.78 is 31.1. The molecule has 0 radical (unpaired) electrons.